The maximum atomic E-state index is 12.0. The van der Waals surface area contributed by atoms with E-state index in [4.69, 9.17) is 5.26 Å². The van der Waals surface area contributed by atoms with Gasteiger partial charge in [0, 0.05) is 24.7 Å². The van der Waals surface area contributed by atoms with Crippen molar-refractivity contribution >= 4 is 11.6 Å². The fraction of sp³-hybridized carbons (Fsp3) is 0.385. The molecule has 0 atom stereocenters. The molecule has 0 aliphatic carbocycles. The number of nitro groups is 1. The van der Waals surface area contributed by atoms with Crippen LogP contribution in [-0.2, 0) is 11.2 Å². The molecule has 1 rings (SSSR count). The Balaban J connectivity index is 2.81. The minimum atomic E-state index is -0.492. The molecule has 0 unspecified atom stereocenters. The highest BCUT2D eigenvalue weighted by molar-refractivity contribution is 5.79. The van der Waals surface area contributed by atoms with Crippen LogP contribution in [0.15, 0.2) is 24.3 Å². The number of likely N-dealkylation sites (N-methyl/N-ethyl adjacent to an activating group) is 1. The molecule has 0 fully saturated rings. The first-order chi connectivity index (χ1) is 9.10. The van der Waals surface area contributed by atoms with Crippen molar-refractivity contribution in [3.63, 3.8) is 0 Å². The zero-order chi connectivity index (χ0) is 14.3. The molecule has 0 aliphatic rings. The molecule has 0 aliphatic heterocycles. The van der Waals surface area contributed by atoms with Crippen LogP contribution in [0.3, 0.4) is 0 Å². The molecule has 100 valence electrons. The quantitative estimate of drug-likeness (QED) is 0.578. The number of amides is 1. The molecule has 6 nitrogen and oxygen atoms in total. The van der Waals surface area contributed by atoms with E-state index < -0.39 is 4.92 Å². The topological polar surface area (TPSA) is 87.2 Å². The van der Waals surface area contributed by atoms with Crippen LogP contribution in [-0.4, -0.2) is 28.8 Å². The average molecular weight is 261 g/mol. The molecule has 0 bridgehead atoms. The van der Waals surface area contributed by atoms with E-state index >= 15 is 0 Å². The van der Waals surface area contributed by atoms with Crippen molar-refractivity contribution in [3.05, 3.63) is 39.9 Å². The molecule has 0 radical (unpaired) electrons. The van der Waals surface area contributed by atoms with Crippen molar-refractivity contribution in [2.75, 3.05) is 13.1 Å². The Labute approximate surface area is 111 Å². The molecular weight excluding hydrogens is 246 g/mol. The SMILES string of the molecule is CCN(CCC#N)C(=O)Cc1ccccc1[N+](=O)[O-]. The van der Waals surface area contributed by atoms with Crippen LogP contribution in [0.2, 0.25) is 0 Å². The predicted octanol–water partition coefficient (Wildman–Crippen LogP) is 1.90. The van der Waals surface area contributed by atoms with E-state index in [0.29, 0.717) is 18.7 Å². The summed E-state index contributed by atoms with van der Waals surface area (Å²) in [6, 6.07) is 8.18. The van der Waals surface area contributed by atoms with Gasteiger partial charge in [-0.25, -0.2) is 0 Å². The predicted molar refractivity (Wildman–Crippen MR) is 69.3 cm³/mol. The smallest absolute Gasteiger partial charge is 0.273 e. The normalized spacial score (nSPS) is 9.68. The van der Waals surface area contributed by atoms with Crippen LogP contribution < -0.4 is 0 Å². The van der Waals surface area contributed by atoms with Gasteiger partial charge >= 0.3 is 0 Å². The number of carbonyl (C=O) groups excluding carboxylic acids is 1. The van der Waals surface area contributed by atoms with Gasteiger partial charge < -0.3 is 4.90 Å². The van der Waals surface area contributed by atoms with Gasteiger partial charge in [0.05, 0.1) is 23.8 Å². The molecule has 0 spiro atoms. The van der Waals surface area contributed by atoms with Crippen molar-refractivity contribution in [3.8, 4) is 6.07 Å². The maximum absolute atomic E-state index is 12.0. The van der Waals surface area contributed by atoms with Crippen molar-refractivity contribution in [1.82, 2.24) is 4.90 Å². The summed E-state index contributed by atoms with van der Waals surface area (Å²) in [6.07, 6.45) is 0.243. The third-order valence-corrected chi connectivity index (χ3v) is 2.76. The second-order valence-electron chi connectivity index (χ2n) is 3.94. The number of benzene rings is 1. The molecular formula is C13H15N3O3. The lowest BCUT2D eigenvalue weighted by atomic mass is 10.1. The van der Waals surface area contributed by atoms with Crippen LogP contribution in [0.5, 0.6) is 0 Å². The van der Waals surface area contributed by atoms with Crippen LogP contribution in [0.25, 0.3) is 0 Å². The van der Waals surface area contributed by atoms with Crippen LogP contribution in [0.1, 0.15) is 18.9 Å². The fourth-order valence-electron chi connectivity index (χ4n) is 1.76. The van der Waals surface area contributed by atoms with Gasteiger partial charge in [-0.1, -0.05) is 18.2 Å². The van der Waals surface area contributed by atoms with E-state index in [1.165, 1.54) is 11.0 Å². The van der Waals surface area contributed by atoms with Crippen molar-refractivity contribution in [2.45, 2.75) is 19.8 Å². The third kappa shape index (κ3) is 4.07. The Morgan fingerprint density at radius 2 is 2.16 bits per heavy atom. The fourth-order valence-corrected chi connectivity index (χ4v) is 1.76. The second kappa shape index (κ2) is 7.11. The molecule has 1 aromatic rings. The number of nitro benzene ring substituents is 1. The number of para-hydroxylation sites is 1. The molecule has 0 heterocycles. The van der Waals surface area contributed by atoms with Gasteiger partial charge in [0.15, 0.2) is 0 Å². The van der Waals surface area contributed by atoms with Gasteiger partial charge in [-0.3, -0.25) is 14.9 Å². The van der Waals surface area contributed by atoms with Crippen molar-refractivity contribution in [2.24, 2.45) is 0 Å². The first-order valence-electron chi connectivity index (χ1n) is 5.97. The molecule has 19 heavy (non-hydrogen) atoms. The lowest BCUT2D eigenvalue weighted by Crippen LogP contribution is -2.33. The molecule has 6 heteroatoms. The molecule has 1 aromatic carbocycles. The summed E-state index contributed by atoms with van der Waals surface area (Å²) in [5.74, 6) is -0.202. The zero-order valence-electron chi connectivity index (χ0n) is 10.7. The minimum Gasteiger partial charge on any atom is -0.342 e. The number of rotatable bonds is 6. The first kappa shape index (κ1) is 14.6. The average Bonchev–Trinajstić information content (AvgIpc) is 2.40. The molecule has 0 saturated heterocycles. The van der Waals surface area contributed by atoms with Crippen molar-refractivity contribution < 1.29 is 9.72 Å². The Morgan fingerprint density at radius 3 is 2.74 bits per heavy atom. The first-order valence-corrected chi connectivity index (χ1v) is 5.97. The second-order valence-corrected chi connectivity index (χ2v) is 3.94. The highest BCUT2D eigenvalue weighted by Crippen LogP contribution is 2.18. The van der Waals surface area contributed by atoms with Gasteiger partial charge in [-0.05, 0) is 6.92 Å². The molecule has 0 saturated carbocycles. The van der Waals surface area contributed by atoms with E-state index in [-0.39, 0.29) is 24.4 Å². The summed E-state index contributed by atoms with van der Waals surface area (Å²) >= 11 is 0. The Hall–Kier alpha value is -2.42. The van der Waals surface area contributed by atoms with Gasteiger partial charge in [0.25, 0.3) is 5.69 Å². The van der Waals surface area contributed by atoms with Gasteiger partial charge in [0.2, 0.25) is 5.91 Å². The number of hydrogen-bond acceptors (Lipinski definition) is 4. The summed E-state index contributed by atoms with van der Waals surface area (Å²) in [5.41, 5.74) is 0.347. The monoisotopic (exact) mass is 261 g/mol. The van der Waals surface area contributed by atoms with E-state index in [1.807, 2.05) is 13.0 Å². The number of carbonyl (C=O) groups is 1. The molecule has 1 amide bonds. The van der Waals surface area contributed by atoms with Crippen LogP contribution in [0, 0.1) is 21.4 Å². The largest absolute Gasteiger partial charge is 0.342 e. The van der Waals surface area contributed by atoms with Gasteiger partial charge in [0.1, 0.15) is 0 Å². The Morgan fingerprint density at radius 1 is 1.47 bits per heavy atom. The standard InChI is InChI=1S/C13H15N3O3/c1-2-15(9-5-8-14)13(17)10-11-6-3-4-7-12(11)16(18)19/h3-4,6-7H,2,5,9-10H2,1H3. The van der Waals surface area contributed by atoms with E-state index in [2.05, 4.69) is 0 Å². The highest BCUT2D eigenvalue weighted by atomic mass is 16.6. The summed E-state index contributed by atoms with van der Waals surface area (Å²) in [7, 11) is 0. The van der Waals surface area contributed by atoms with Crippen LogP contribution in [0.4, 0.5) is 5.69 Å². The van der Waals surface area contributed by atoms with E-state index in [0.717, 1.165) is 0 Å². The Bertz CT molecular complexity index is 508. The summed E-state index contributed by atoms with van der Waals surface area (Å²) < 4.78 is 0. The summed E-state index contributed by atoms with van der Waals surface area (Å²) in [4.78, 5) is 23.9. The number of nitrogens with zero attached hydrogens (tertiary/aromatic N) is 3. The summed E-state index contributed by atoms with van der Waals surface area (Å²) in [6.45, 7) is 2.66. The lowest BCUT2D eigenvalue weighted by molar-refractivity contribution is -0.385. The maximum Gasteiger partial charge on any atom is 0.273 e. The third-order valence-electron chi connectivity index (χ3n) is 2.76. The lowest BCUT2D eigenvalue weighted by Gasteiger charge is -2.19. The zero-order valence-corrected chi connectivity index (χ0v) is 10.7. The van der Waals surface area contributed by atoms with E-state index in [1.54, 1.807) is 18.2 Å². The summed E-state index contributed by atoms with van der Waals surface area (Å²) in [5, 5.41) is 19.4. The minimum absolute atomic E-state index is 0.0174. The number of nitriles is 1. The van der Waals surface area contributed by atoms with Gasteiger partial charge in [-0.2, -0.15) is 5.26 Å². The van der Waals surface area contributed by atoms with Crippen LogP contribution >= 0.6 is 0 Å². The number of hydrogen-bond donors (Lipinski definition) is 0. The highest BCUT2D eigenvalue weighted by Gasteiger charge is 2.18. The molecule has 0 aromatic heterocycles. The van der Waals surface area contributed by atoms with Gasteiger partial charge in [-0.15, -0.1) is 0 Å². The molecule has 0 N–H and O–H groups in total. The van der Waals surface area contributed by atoms with E-state index in [9.17, 15) is 14.9 Å². The van der Waals surface area contributed by atoms with Crippen molar-refractivity contribution in [1.29, 1.82) is 5.26 Å². The Kier molecular flexibility index (Phi) is 5.48.